The van der Waals surface area contributed by atoms with E-state index < -0.39 is 0 Å². The minimum Gasteiger partial charge on any atom is -0.328 e. The Morgan fingerprint density at radius 2 is 1.62 bits per heavy atom. The molecule has 2 N–H and O–H groups in total. The van der Waals surface area contributed by atoms with E-state index in [1.165, 1.54) is 18.4 Å². The summed E-state index contributed by atoms with van der Waals surface area (Å²) >= 11 is 0. The first kappa shape index (κ1) is 8.76. The molecule has 0 heterocycles. The maximum Gasteiger partial charge on any atom is 0.00510 e. The molecule has 1 fully saturated rings. The maximum absolute atomic E-state index is 5.86. The van der Waals surface area contributed by atoms with E-state index in [9.17, 15) is 0 Å². The van der Waals surface area contributed by atoms with E-state index in [4.69, 9.17) is 5.73 Å². The molecule has 1 nitrogen and oxygen atoms in total. The first-order valence-electron chi connectivity index (χ1n) is 5.02. The minimum atomic E-state index is 0.437. The average Bonchev–Trinajstić information content (AvgIpc) is 2.20. The van der Waals surface area contributed by atoms with Crippen LogP contribution < -0.4 is 5.73 Å². The largest absolute Gasteiger partial charge is 0.328 e. The second-order valence-electron chi connectivity index (χ2n) is 3.81. The molecule has 0 saturated heterocycles. The zero-order valence-corrected chi connectivity index (χ0v) is 7.87. The summed E-state index contributed by atoms with van der Waals surface area (Å²) in [6.45, 7) is 0. The average molecular weight is 174 g/mol. The van der Waals surface area contributed by atoms with Crippen LogP contribution in [0.5, 0.6) is 0 Å². The second-order valence-corrected chi connectivity index (χ2v) is 3.81. The van der Waals surface area contributed by atoms with Crippen LogP contribution >= 0.6 is 0 Å². The summed E-state index contributed by atoms with van der Waals surface area (Å²) in [5.74, 6) is 1.59. The third-order valence-electron chi connectivity index (χ3n) is 2.82. The van der Waals surface area contributed by atoms with Gasteiger partial charge < -0.3 is 5.73 Å². The van der Waals surface area contributed by atoms with Crippen molar-refractivity contribution in [1.29, 1.82) is 0 Å². The van der Waals surface area contributed by atoms with Gasteiger partial charge in [0.2, 0.25) is 0 Å². The van der Waals surface area contributed by atoms with Crippen molar-refractivity contribution in [2.24, 2.45) is 5.73 Å². The lowest BCUT2D eigenvalue weighted by Gasteiger charge is -2.25. The second kappa shape index (κ2) is 3.93. The highest BCUT2D eigenvalue weighted by Crippen LogP contribution is 2.30. The van der Waals surface area contributed by atoms with Crippen molar-refractivity contribution in [2.45, 2.75) is 31.7 Å². The molecular formula is C12H16N. The zero-order valence-electron chi connectivity index (χ0n) is 7.87. The zero-order chi connectivity index (χ0) is 9.10. The molecule has 0 aromatic heterocycles. The molecule has 1 saturated carbocycles. The van der Waals surface area contributed by atoms with Crippen LogP contribution in [0.1, 0.15) is 31.2 Å². The van der Waals surface area contributed by atoms with Crippen LogP contribution in [0.15, 0.2) is 30.3 Å². The Morgan fingerprint density at radius 3 is 2.23 bits per heavy atom. The highest BCUT2D eigenvalue weighted by atomic mass is 14.6. The SMILES string of the molecule is NC1CC[C](c2ccccc2)CC1. The molecule has 1 aromatic rings. The van der Waals surface area contributed by atoms with Crippen molar-refractivity contribution in [3.8, 4) is 0 Å². The molecule has 0 unspecified atom stereocenters. The van der Waals surface area contributed by atoms with Crippen LogP contribution in [0.25, 0.3) is 0 Å². The molecule has 1 aliphatic carbocycles. The smallest absolute Gasteiger partial charge is 0.00510 e. The topological polar surface area (TPSA) is 26.0 Å². The molecule has 0 amide bonds. The van der Waals surface area contributed by atoms with Crippen LogP contribution in [0.2, 0.25) is 0 Å². The van der Waals surface area contributed by atoms with Crippen molar-refractivity contribution >= 4 is 0 Å². The van der Waals surface area contributed by atoms with Gasteiger partial charge in [0.1, 0.15) is 0 Å². The molecule has 0 bridgehead atoms. The molecule has 0 spiro atoms. The number of hydrogen-bond acceptors (Lipinski definition) is 1. The Bertz CT molecular complexity index is 247. The number of benzene rings is 1. The Morgan fingerprint density at radius 1 is 1.00 bits per heavy atom. The van der Waals surface area contributed by atoms with Gasteiger partial charge in [0.25, 0.3) is 0 Å². The lowest BCUT2D eigenvalue weighted by Crippen LogP contribution is -2.25. The summed E-state index contributed by atoms with van der Waals surface area (Å²) in [4.78, 5) is 0. The molecule has 1 aromatic carbocycles. The number of hydrogen-bond donors (Lipinski definition) is 1. The molecule has 2 rings (SSSR count). The van der Waals surface area contributed by atoms with E-state index in [2.05, 4.69) is 30.3 Å². The third-order valence-corrected chi connectivity index (χ3v) is 2.82. The van der Waals surface area contributed by atoms with Gasteiger partial charge in [0.05, 0.1) is 0 Å². The predicted octanol–water partition coefficient (Wildman–Crippen LogP) is 2.51. The van der Waals surface area contributed by atoms with Gasteiger partial charge in [-0.25, -0.2) is 0 Å². The standard InChI is InChI=1S/C12H16N/c13-12-8-6-11(7-9-12)10-4-2-1-3-5-10/h1-5,12H,6-9,13H2. The highest BCUT2D eigenvalue weighted by Gasteiger charge is 2.19. The molecule has 1 aliphatic rings. The van der Waals surface area contributed by atoms with Crippen LogP contribution in [-0.4, -0.2) is 6.04 Å². The summed E-state index contributed by atoms with van der Waals surface area (Å²) in [7, 11) is 0. The maximum atomic E-state index is 5.86. The fraction of sp³-hybridized carbons (Fsp3) is 0.417. The Balaban J connectivity index is 2.03. The van der Waals surface area contributed by atoms with Crippen LogP contribution in [0, 0.1) is 5.92 Å². The first-order valence-corrected chi connectivity index (χ1v) is 5.02. The Hall–Kier alpha value is -0.820. The molecule has 0 aliphatic heterocycles. The normalized spacial score (nSPS) is 20.4. The van der Waals surface area contributed by atoms with Crippen molar-refractivity contribution < 1.29 is 0 Å². The fourth-order valence-electron chi connectivity index (χ4n) is 1.95. The van der Waals surface area contributed by atoms with Crippen LogP contribution in [0.4, 0.5) is 0 Å². The minimum absolute atomic E-state index is 0.437. The van der Waals surface area contributed by atoms with Crippen molar-refractivity contribution in [1.82, 2.24) is 0 Å². The monoisotopic (exact) mass is 174 g/mol. The van der Waals surface area contributed by atoms with Crippen molar-refractivity contribution in [3.05, 3.63) is 41.8 Å². The highest BCUT2D eigenvalue weighted by molar-refractivity contribution is 5.30. The summed E-state index contributed by atoms with van der Waals surface area (Å²) in [6.07, 6.45) is 4.69. The molecule has 1 radical (unpaired) electrons. The number of nitrogens with two attached hydrogens (primary N) is 1. The molecule has 69 valence electrons. The van der Waals surface area contributed by atoms with Crippen LogP contribution in [-0.2, 0) is 0 Å². The van der Waals surface area contributed by atoms with E-state index in [0.29, 0.717) is 6.04 Å². The summed E-state index contributed by atoms with van der Waals surface area (Å²) in [5, 5.41) is 0. The van der Waals surface area contributed by atoms with Gasteiger partial charge in [-0.05, 0) is 31.2 Å². The summed E-state index contributed by atoms with van der Waals surface area (Å²) in [5.41, 5.74) is 7.27. The van der Waals surface area contributed by atoms with Crippen LogP contribution in [0.3, 0.4) is 0 Å². The van der Waals surface area contributed by atoms with Crippen molar-refractivity contribution in [3.63, 3.8) is 0 Å². The molecular weight excluding hydrogens is 158 g/mol. The van der Waals surface area contributed by atoms with Gasteiger partial charge >= 0.3 is 0 Å². The van der Waals surface area contributed by atoms with Gasteiger partial charge in [-0.2, -0.15) is 0 Å². The van der Waals surface area contributed by atoms with E-state index in [0.717, 1.165) is 12.8 Å². The molecule has 13 heavy (non-hydrogen) atoms. The molecule has 0 atom stereocenters. The summed E-state index contributed by atoms with van der Waals surface area (Å²) < 4.78 is 0. The molecule has 1 heteroatoms. The quantitative estimate of drug-likeness (QED) is 0.695. The van der Waals surface area contributed by atoms with Gasteiger partial charge in [0, 0.05) is 12.0 Å². The van der Waals surface area contributed by atoms with E-state index >= 15 is 0 Å². The third kappa shape index (κ3) is 2.10. The van der Waals surface area contributed by atoms with Gasteiger partial charge in [0.15, 0.2) is 0 Å². The Labute approximate surface area is 80.0 Å². The van der Waals surface area contributed by atoms with E-state index in [1.54, 1.807) is 5.92 Å². The first-order chi connectivity index (χ1) is 6.36. The van der Waals surface area contributed by atoms with E-state index in [-0.39, 0.29) is 0 Å². The lowest BCUT2D eigenvalue weighted by molar-refractivity contribution is 0.478. The summed E-state index contributed by atoms with van der Waals surface area (Å²) in [6, 6.07) is 11.1. The van der Waals surface area contributed by atoms with Gasteiger partial charge in [-0.3, -0.25) is 0 Å². The Kier molecular flexibility index (Phi) is 2.65. The van der Waals surface area contributed by atoms with Crippen molar-refractivity contribution in [2.75, 3.05) is 0 Å². The van der Waals surface area contributed by atoms with Gasteiger partial charge in [-0.1, -0.05) is 30.3 Å². The lowest BCUT2D eigenvalue weighted by atomic mass is 9.82. The number of rotatable bonds is 1. The van der Waals surface area contributed by atoms with Gasteiger partial charge in [-0.15, -0.1) is 0 Å². The fourth-order valence-corrected chi connectivity index (χ4v) is 1.95. The predicted molar refractivity (Wildman–Crippen MR) is 55.2 cm³/mol. The van der Waals surface area contributed by atoms with E-state index in [1.807, 2.05) is 0 Å².